The van der Waals surface area contributed by atoms with Crippen molar-refractivity contribution in [2.45, 2.75) is 89.9 Å². The van der Waals surface area contributed by atoms with Gasteiger partial charge in [-0.1, -0.05) is 64.6 Å². The van der Waals surface area contributed by atoms with Crippen molar-refractivity contribution in [3.8, 4) is 0 Å². The average molecular weight is 269 g/mol. The fourth-order valence-corrected chi connectivity index (χ4v) is 13.4. The molecule has 1 saturated carbocycles. The molecule has 0 aromatic rings. The van der Waals surface area contributed by atoms with E-state index >= 15 is 0 Å². The lowest BCUT2D eigenvalue weighted by Gasteiger charge is -2.48. The van der Waals surface area contributed by atoms with Crippen molar-refractivity contribution in [3.05, 3.63) is 0 Å². The molecule has 2 atom stereocenters. The van der Waals surface area contributed by atoms with E-state index in [2.05, 4.69) is 41.5 Å². The van der Waals surface area contributed by atoms with Crippen molar-refractivity contribution >= 4 is 13.9 Å². The smallest absolute Gasteiger partial charge is 0.132 e. The Bertz CT molecular complexity index is 272. The van der Waals surface area contributed by atoms with E-state index in [1.54, 1.807) is 6.92 Å². The third kappa shape index (κ3) is 2.59. The minimum absolute atomic E-state index is 0.373. The second-order valence-corrected chi connectivity index (χ2v) is 13.6. The Morgan fingerprint density at radius 2 is 1.39 bits per heavy atom. The van der Waals surface area contributed by atoms with Gasteiger partial charge in [-0.3, -0.25) is 4.79 Å². The highest BCUT2D eigenvalue weighted by Gasteiger charge is 2.51. The quantitative estimate of drug-likeness (QED) is 0.608. The molecule has 0 N–H and O–H groups in total. The standard InChI is InChI=1S/C16H32OSi/c1-11(2)18(12(3)4,13(5)6)16-9-8-15(10-16)14(7)17/h11-13,15-16H,8-10H2,1-7H3/t15-,16+/m1/s1. The van der Waals surface area contributed by atoms with Crippen LogP contribution in [0.3, 0.4) is 0 Å². The summed E-state index contributed by atoms with van der Waals surface area (Å²) in [7, 11) is -1.33. The maximum atomic E-state index is 11.6. The molecule has 0 radical (unpaired) electrons. The molecule has 0 saturated heterocycles. The van der Waals surface area contributed by atoms with E-state index in [0.29, 0.717) is 11.7 Å². The van der Waals surface area contributed by atoms with Crippen molar-refractivity contribution in [1.82, 2.24) is 0 Å². The van der Waals surface area contributed by atoms with Crippen LogP contribution in [0.1, 0.15) is 67.7 Å². The van der Waals surface area contributed by atoms with Crippen LogP contribution in [0.25, 0.3) is 0 Å². The normalized spacial score (nSPS) is 25.4. The zero-order valence-corrected chi connectivity index (χ0v) is 14.4. The van der Waals surface area contributed by atoms with Crippen molar-refractivity contribution in [1.29, 1.82) is 0 Å². The summed E-state index contributed by atoms with van der Waals surface area (Å²) in [6.45, 7) is 16.4. The number of hydrogen-bond donors (Lipinski definition) is 0. The number of Topliss-reactive ketones (excluding diaryl/α,β-unsaturated/α-hetero) is 1. The molecule has 0 aromatic carbocycles. The Hall–Kier alpha value is -0.113. The zero-order valence-electron chi connectivity index (χ0n) is 13.4. The highest BCUT2D eigenvalue weighted by Crippen LogP contribution is 2.56. The molecule has 1 aliphatic carbocycles. The zero-order chi connectivity index (χ0) is 14.1. The molecule has 0 amide bonds. The van der Waals surface area contributed by atoms with Crippen LogP contribution in [0.2, 0.25) is 22.2 Å². The van der Waals surface area contributed by atoms with Crippen LogP contribution < -0.4 is 0 Å². The molecule has 0 aliphatic heterocycles. The maximum absolute atomic E-state index is 11.6. The number of hydrogen-bond acceptors (Lipinski definition) is 1. The van der Waals surface area contributed by atoms with Gasteiger partial charge in [0.1, 0.15) is 5.78 Å². The first-order valence-corrected chi connectivity index (χ1v) is 10.1. The van der Waals surface area contributed by atoms with Crippen LogP contribution in [0.15, 0.2) is 0 Å². The van der Waals surface area contributed by atoms with E-state index in [9.17, 15) is 4.79 Å². The van der Waals surface area contributed by atoms with Crippen LogP contribution in [-0.4, -0.2) is 13.9 Å². The topological polar surface area (TPSA) is 17.1 Å². The first-order valence-electron chi connectivity index (χ1n) is 7.74. The highest BCUT2D eigenvalue weighted by molar-refractivity contribution is 6.84. The summed E-state index contributed by atoms with van der Waals surface area (Å²) < 4.78 is 0. The molecule has 0 unspecified atom stereocenters. The summed E-state index contributed by atoms with van der Waals surface area (Å²) in [5.41, 5.74) is 3.35. The van der Waals surface area contributed by atoms with Crippen LogP contribution in [-0.2, 0) is 4.79 Å². The first-order chi connectivity index (χ1) is 8.24. The van der Waals surface area contributed by atoms with E-state index in [1.807, 2.05) is 0 Å². The van der Waals surface area contributed by atoms with Crippen LogP contribution in [0.4, 0.5) is 0 Å². The monoisotopic (exact) mass is 268 g/mol. The van der Waals surface area contributed by atoms with E-state index in [1.165, 1.54) is 12.8 Å². The van der Waals surface area contributed by atoms with Gasteiger partial charge >= 0.3 is 0 Å². The van der Waals surface area contributed by atoms with E-state index in [0.717, 1.165) is 28.6 Å². The molecule has 0 aromatic heterocycles. The Kier molecular flexibility index (Phi) is 5.22. The number of rotatable bonds is 5. The van der Waals surface area contributed by atoms with Gasteiger partial charge < -0.3 is 0 Å². The fraction of sp³-hybridized carbons (Fsp3) is 0.938. The van der Waals surface area contributed by atoms with Crippen LogP contribution in [0.5, 0.6) is 0 Å². The van der Waals surface area contributed by atoms with Gasteiger partial charge in [0.15, 0.2) is 0 Å². The molecule has 2 heteroatoms. The fourth-order valence-electron chi connectivity index (χ4n) is 5.22. The molecule has 0 spiro atoms. The summed E-state index contributed by atoms with van der Waals surface area (Å²) in [5, 5.41) is 0. The molecule has 1 rings (SSSR count). The Morgan fingerprint density at radius 1 is 0.944 bits per heavy atom. The first kappa shape index (κ1) is 15.9. The molecular formula is C16H32OSi. The third-order valence-electron chi connectivity index (χ3n) is 5.71. The number of carbonyl (C=O) groups excluding carboxylic acids is 1. The molecule has 0 heterocycles. The van der Waals surface area contributed by atoms with Crippen molar-refractivity contribution in [3.63, 3.8) is 0 Å². The van der Waals surface area contributed by atoms with Crippen molar-refractivity contribution in [2.24, 2.45) is 5.92 Å². The summed E-state index contributed by atoms with van der Waals surface area (Å²) in [4.78, 5) is 11.6. The summed E-state index contributed by atoms with van der Waals surface area (Å²) in [6, 6.07) is 0. The van der Waals surface area contributed by atoms with Crippen molar-refractivity contribution in [2.75, 3.05) is 0 Å². The lowest BCUT2D eigenvalue weighted by atomic mass is 10.0. The van der Waals surface area contributed by atoms with Crippen LogP contribution in [0, 0.1) is 5.92 Å². The van der Waals surface area contributed by atoms with Gasteiger partial charge in [-0.2, -0.15) is 0 Å². The summed E-state index contributed by atoms with van der Waals surface area (Å²) in [6.07, 6.45) is 3.65. The Labute approximate surface area is 115 Å². The van der Waals surface area contributed by atoms with Gasteiger partial charge in [-0.25, -0.2) is 0 Å². The molecule has 1 aliphatic rings. The number of ketones is 1. The van der Waals surface area contributed by atoms with Gasteiger partial charge in [-0.15, -0.1) is 0 Å². The summed E-state index contributed by atoms with van der Waals surface area (Å²) >= 11 is 0. The van der Waals surface area contributed by atoms with E-state index in [-0.39, 0.29) is 0 Å². The highest BCUT2D eigenvalue weighted by atomic mass is 28.3. The average Bonchev–Trinajstić information content (AvgIpc) is 2.66. The van der Waals surface area contributed by atoms with Gasteiger partial charge in [0.2, 0.25) is 0 Å². The van der Waals surface area contributed by atoms with Gasteiger partial charge in [0.05, 0.1) is 8.07 Å². The molecule has 0 bridgehead atoms. The SMILES string of the molecule is CC(=O)[C@@H]1CC[C@H]([Si](C(C)C)(C(C)C)C(C)C)C1. The molecular weight excluding hydrogens is 236 g/mol. The van der Waals surface area contributed by atoms with E-state index < -0.39 is 8.07 Å². The minimum atomic E-state index is -1.33. The Morgan fingerprint density at radius 3 is 1.67 bits per heavy atom. The second kappa shape index (κ2) is 5.90. The second-order valence-electron chi connectivity index (χ2n) is 7.28. The van der Waals surface area contributed by atoms with Crippen molar-refractivity contribution < 1.29 is 4.79 Å². The molecule has 1 nitrogen and oxygen atoms in total. The predicted molar refractivity (Wildman–Crippen MR) is 82.8 cm³/mol. The maximum Gasteiger partial charge on any atom is 0.132 e. The van der Waals surface area contributed by atoms with Gasteiger partial charge in [0.25, 0.3) is 0 Å². The van der Waals surface area contributed by atoms with Crippen LogP contribution >= 0.6 is 0 Å². The lowest BCUT2D eigenvalue weighted by molar-refractivity contribution is -0.120. The van der Waals surface area contributed by atoms with E-state index in [4.69, 9.17) is 0 Å². The molecule has 18 heavy (non-hydrogen) atoms. The predicted octanol–water partition coefficient (Wildman–Crippen LogP) is 5.42. The summed E-state index contributed by atoms with van der Waals surface area (Å²) in [5.74, 6) is 0.801. The van der Waals surface area contributed by atoms with Gasteiger partial charge in [-0.05, 0) is 25.3 Å². The minimum Gasteiger partial charge on any atom is -0.300 e. The third-order valence-corrected chi connectivity index (χ3v) is 13.7. The number of carbonyl (C=O) groups is 1. The van der Waals surface area contributed by atoms with Gasteiger partial charge in [0, 0.05) is 5.92 Å². The molecule has 1 fully saturated rings. The lowest BCUT2D eigenvalue weighted by Crippen LogP contribution is -2.48. The Balaban J connectivity index is 3.02. The largest absolute Gasteiger partial charge is 0.300 e. The molecule has 106 valence electrons.